The number of amides is 1. The van der Waals surface area contributed by atoms with Crippen LogP contribution < -0.4 is 5.32 Å². The van der Waals surface area contributed by atoms with Crippen molar-refractivity contribution in [1.29, 1.82) is 5.26 Å². The zero-order valence-electron chi connectivity index (χ0n) is 13.9. The van der Waals surface area contributed by atoms with Crippen molar-refractivity contribution in [2.24, 2.45) is 0 Å². The van der Waals surface area contributed by atoms with Gasteiger partial charge in [0.05, 0.1) is 11.4 Å². The van der Waals surface area contributed by atoms with E-state index in [1.165, 1.54) is 11.3 Å². The Kier molecular flexibility index (Phi) is 4.78. The van der Waals surface area contributed by atoms with Gasteiger partial charge in [0.1, 0.15) is 17.5 Å². The third kappa shape index (κ3) is 3.84. The summed E-state index contributed by atoms with van der Waals surface area (Å²) in [5.41, 5.74) is 3.64. The van der Waals surface area contributed by atoms with Crippen molar-refractivity contribution >= 4 is 29.1 Å². The van der Waals surface area contributed by atoms with Crippen LogP contribution in [0.5, 0.6) is 0 Å². The van der Waals surface area contributed by atoms with Gasteiger partial charge in [0.2, 0.25) is 0 Å². The molecule has 2 heterocycles. The van der Waals surface area contributed by atoms with Crippen molar-refractivity contribution in [3.8, 4) is 11.8 Å². The molecule has 0 saturated carbocycles. The zero-order chi connectivity index (χ0) is 17.8. The Morgan fingerprint density at radius 2 is 2.04 bits per heavy atom. The van der Waals surface area contributed by atoms with Crippen LogP contribution in [0.2, 0.25) is 0 Å². The van der Waals surface area contributed by atoms with Gasteiger partial charge in [0.25, 0.3) is 5.91 Å². The van der Waals surface area contributed by atoms with E-state index in [0.717, 1.165) is 22.5 Å². The molecule has 0 aliphatic heterocycles. The number of nitrogens with one attached hydrogen (secondary N) is 1. The number of aryl methyl sites for hydroxylation is 2. The maximum absolute atomic E-state index is 12.5. The maximum atomic E-state index is 12.5. The molecule has 25 heavy (non-hydrogen) atoms. The average Bonchev–Trinajstić information content (AvgIpc) is 3.23. The zero-order valence-corrected chi connectivity index (χ0v) is 14.7. The second-order valence-corrected chi connectivity index (χ2v) is 6.38. The molecule has 0 radical (unpaired) electrons. The largest absolute Gasteiger partial charge is 0.306 e. The lowest BCUT2D eigenvalue weighted by Crippen LogP contribution is -2.16. The molecule has 0 saturated heterocycles. The van der Waals surface area contributed by atoms with Crippen molar-refractivity contribution in [2.75, 3.05) is 5.32 Å². The molecule has 6 heteroatoms. The van der Waals surface area contributed by atoms with Crippen LogP contribution >= 0.6 is 11.3 Å². The van der Waals surface area contributed by atoms with E-state index in [0.29, 0.717) is 5.82 Å². The first kappa shape index (κ1) is 16.7. The molecule has 0 spiro atoms. The van der Waals surface area contributed by atoms with Gasteiger partial charge in [-0.25, -0.2) is 4.68 Å². The Bertz CT molecular complexity index is 960. The third-order valence-corrected chi connectivity index (χ3v) is 4.27. The molecule has 2 aromatic heterocycles. The minimum Gasteiger partial charge on any atom is -0.306 e. The summed E-state index contributed by atoms with van der Waals surface area (Å²) in [6.45, 7) is 3.86. The van der Waals surface area contributed by atoms with E-state index >= 15 is 0 Å². The lowest BCUT2D eigenvalue weighted by atomic mass is 10.2. The van der Waals surface area contributed by atoms with Crippen molar-refractivity contribution in [2.45, 2.75) is 13.8 Å². The van der Waals surface area contributed by atoms with Gasteiger partial charge in [-0.3, -0.25) is 4.79 Å². The Hall–Kier alpha value is -3.17. The molecule has 124 valence electrons. The van der Waals surface area contributed by atoms with Crippen LogP contribution in [-0.2, 0) is 4.79 Å². The predicted molar refractivity (Wildman–Crippen MR) is 99.6 cm³/mol. The number of hydrogen-bond donors (Lipinski definition) is 1. The summed E-state index contributed by atoms with van der Waals surface area (Å²) < 4.78 is 1.66. The monoisotopic (exact) mass is 348 g/mol. The number of hydrogen-bond acceptors (Lipinski definition) is 4. The molecular formula is C19H16N4OS. The smallest absolute Gasteiger partial charge is 0.267 e. The van der Waals surface area contributed by atoms with Gasteiger partial charge in [-0.15, -0.1) is 0 Å². The Labute approximate surface area is 149 Å². The van der Waals surface area contributed by atoms with Crippen molar-refractivity contribution in [3.05, 3.63) is 69.6 Å². The van der Waals surface area contributed by atoms with Crippen molar-refractivity contribution in [3.63, 3.8) is 0 Å². The first-order valence-electron chi connectivity index (χ1n) is 7.66. The quantitative estimate of drug-likeness (QED) is 0.570. The van der Waals surface area contributed by atoms with E-state index in [4.69, 9.17) is 0 Å². The van der Waals surface area contributed by atoms with Crippen LogP contribution in [0, 0.1) is 25.2 Å². The first-order chi connectivity index (χ1) is 12.1. The Balaban J connectivity index is 1.89. The molecule has 0 atom stereocenters. The highest BCUT2D eigenvalue weighted by Crippen LogP contribution is 2.19. The minimum atomic E-state index is -0.457. The van der Waals surface area contributed by atoms with Crippen LogP contribution in [0.1, 0.15) is 16.8 Å². The number of aromatic nitrogens is 2. The molecule has 1 aromatic carbocycles. The van der Waals surface area contributed by atoms with Crippen molar-refractivity contribution < 1.29 is 4.79 Å². The minimum absolute atomic E-state index is 0.0488. The second-order valence-electron chi connectivity index (χ2n) is 5.60. The summed E-state index contributed by atoms with van der Waals surface area (Å²) >= 11 is 1.51. The van der Waals surface area contributed by atoms with Crippen molar-refractivity contribution in [1.82, 2.24) is 9.78 Å². The number of carbonyl (C=O) groups excluding carboxylic acids is 1. The summed E-state index contributed by atoms with van der Waals surface area (Å²) in [4.78, 5) is 12.5. The first-order valence-corrected chi connectivity index (χ1v) is 8.60. The highest BCUT2D eigenvalue weighted by atomic mass is 32.1. The number of nitriles is 1. The van der Waals surface area contributed by atoms with E-state index in [-0.39, 0.29) is 5.57 Å². The fourth-order valence-electron chi connectivity index (χ4n) is 2.33. The van der Waals surface area contributed by atoms with E-state index in [2.05, 4.69) is 10.4 Å². The number of anilines is 1. The van der Waals surface area contributed by atoms with Gasteiger partial charge in [0, 0.05) is 6.07 Å². The molecule has 0 bridgehead atoms. The molecule has 0 aliphatic rings. The van der Waals surface area contributed by atoms with E-state index < -0.39 is 5.91 Å². The number of carbonyl (C=O) groups is 1. The molecule has 1 N–H and O–H groups in total. The van der Waals surface area contributed by atoms with E-state index in [9.17, 15) is 10.1 Å². The van der Waals surface area contributed by atoms with Gasteiger partial charge in [-0.05, 0) is 54.4 Å². The molecule has 1 amide bonds. The molecule has 0 fully saturated rings. The Morgan fingerprint density at radius 3 is 2.68 bits per heavy atom. The summed E-state index contributed by atoms with van der Waals surface area (Å²) in [5.74, 6) is 0.0692. The topological polar surface area (TPSA) is 70.7 Å². The van der Waals surface area contributed by atoms with Gasteiger partial charge in [-0.1, -0.05) is 17.7 Å². The van der Waals surface area contributed by atoms with E-state index in [1.807, 2.05) is 61.0 Å². The predicted octanol–water partition coefficient (Wildman–Crippen LogP) is 4.10. The molecule has 5 nitrogen and oxygen atoms in total. The lowest BCUT2D eigenvalue weighted by Gasteiger charge is -2.09. The summed E-state index contributed by atoms with van der Waals surface area (Å²) in [7, 11) is 0. The SMILES string of the molecule is Cc1ccc(-n2nc(C)cc2NC(=O)/C(C#N)=C/c2ccsc2)cc1. The third-order valence-electron chi connectivity index (χ3n) is 3.57. The highest BCUT2D eigenvalue weighted by molar-refractivity contribution is 7.08. The number of benzene rings is 1. The average molecular weight is 348 g/mol. The van der Waals surface area contributed by atoms with Crippen LogP contribution in [0.4, 0.5) is 5.82 Å². The van der Waals surface area contributed by atoms with Crippen LogP contribution in [-0.4, -0.2) is 15.7 Å². The fraction of sp³-hybridized carbons (Fsp3) is 0.105. The normalized spacial score (nSPS) is 11.2. The second kappa shape index (κ2) is 7.16. The fourth-order valence-corrected chi connectivity index (χ4v) is 2.95. The van der Waals surface area contributed by atoms with Gasteiger partial charge in [-0.2, -0.15) is 21.7 Å². The van der Waals surface area contributed by atoms with Crippen LogP contribution in [0.3, 0.4) is 0 Å². The number of nitrogens with zero attached hydrogens (tertiary/aromatic N) is 3. The maximum Gasteiger partial charge on any atom is 0.267 e. The molecule has 0 unspecified atom stereocenters. The van der Waals surface area contributed by atoms with Gasteiger partial charge >= 0.3 is 0 Å². The highest BCUT2D eigenvalue weighted by Gasteiger charge is 2.14. The standard InChI is InChI=1S/C19H16N4OS/c1-13-3-5-17(6-4-13)23-18(9-14(2)22-23)21-19(24)16(11-20)10-15-7-8-25-12-15/h3-10,12H,1-2H3,(H,21,24)/b16-10+. The molecule has 0 aliphatic carbocycles. The number of rotatable bonds is 4. The summed E-state index contributed by atoms with van der Waals surface area (Å²) in [6.07, 6.45) is 1.57. The molecule has 3 aromatic rings. The van der Waals surface area contributed by atoms with Gasteiger partial charge < -0.3 is 5.32 Å². The molecule has 3 rings (SSSR count). The summed E-state index contributed by atoms with van der Waals surface area (Å²) in [5, 5.41) is 20.3. The molecular weight excluding hydrogens is 332 g/mol. The van der Waals surface area contributed by atoms with E-state index in [1.54, 1.807) is 16.8 Å². The number of thiophene rings is 1. The lowest BCUT2D eigenvalue weighted by molar-refractivity contribution is -0.112. The van der Waals surface area contributed by atoms with Gasteiger partial charge in [0.15, 0.2) is 0 Å². The van der Waals surface area contributed by atoms with Crippen LogP contribution in [0.25, 0.3) is 11.8 Å². The Morgan fingerprint density at radius 1 is 1.28 bits per heavy atom. The van der Waals surface area contributed by atoms with Crippen LogP contribution in [0.15, 0.2) is 52.7 Å². The summed E-state index contributed by atoms with van der Waals surface area (Å²) in [6, 6.07) is 13.4.